The number of carbonyl (C=O) groups excluding carboxylic acids is 1. The van der Waals surface area contributed by atoms with Crippen LogP contribution in [0.15, 0.2) is 42.6 Å². The van der Waals surface area contributed by atoms with Crippen LogP contribution < -0.4 is 10.1 Å². The number of carbonyl (C=O) groups is 1. The summed E-state index contributed by atoms with van der Waals surface area (Å²) in [6.07, 6.45) is -4.26. The fourth-order valence-electron chi connectivity index (χ4n) is 4.42. The second-order valence-electron chi connectivity index (χ2n) is 8.99. The minimum absolute atomic E-state index is 0.0267. The maximum atomic E-state index is 14.6. The van der Waals surface area contributed by atoms with E-state index in [-0.39, 0.29) is 18.1 Å². The van der Waals surface area contributed by atoms with Crippen molar-refractivity contribution in [1.29, 1.82) is 0 Å². The van der Waals surface area contributed by atoms with E-state index in [9.17, 15) is 26.7 Å². The van der Waals surface area contributed by atoms with Gasteiger partial charge in [0.25, 0.3) is 11.8 Å². The molecule has 198 valence electrons. The second-order valence-corrected chi connectivity index (χ2v) is 10.2. The highest BCUT2D eigenvalue weighted by Crippen LogP contribution is 2.38. The number of rotatable bonds is 6. The molecule has 1 aliphatic rings. The highest BCUT2D eigenvalue weighted by molar-refractivity contribution is 7.15. The Morgan fingerprint density at radius 3 is 2.68 bits per heavy atom. The monoisotopic (exact) mass is 540 g/mol. The number of nitrogens with zero attached hydrogens (tertiary/aromatic N) is 3. The first-order valence-electron chi connectivity index (χ1n) is 11.5. The molecule has 0 spiro atoms. The molecule has 1 aromatic carbocycles. The number of nitrogens with one attached hydrogen (secondary N) is 1. The van der Waals surface area contributed by atoms with Crippen molar-refractivity contribution in [3.05, 3.63) is 58.9 Å². The second kappa shape index (κ2) is 10.2. The van der Waals surface area contributed by atoms with E-state index in [1.54, 1.807) is 38.1 Å². The Balaban J connectivity index is 1.62. The number of alkyl halides is 5. The lowest BCUT2D eigenvalue weighted by molar-refractivity contribution is -0.137. The number of thiazole rings is 1. The van der Waals surface area contributed by atoms with Crippen LogP contribution in [0.25, 0.3) is 10.4 Å². The molecule has 1 fully saturated rings. The highest BCUT2D eigenvalue weighted by atomic mass is 32.1. The molecule has 6 nitrogen and oxygen atoms in total. The Bertz CT molecular complexity index is 1260. The Hall–Kier alpha value is -3.28. The first kappa shape index (κ1) is 26.8. The van der Waals surface area contributed by atoms with Crippen molar-refractivity contribution in [2.45, 2.75) is 38.4 Å². The molecule has 0 radical (unpaired) electrons. The minimum atomic E-state index is -4.52. The first-order chi connectivity index (χ1) is 17.4. The summed E-state index contributed by atoms with van der Waals surface area (Å²) < 4.78 is 73.0. The number of benzene rings is 1. The van der Waals surface area contributed by atoms with Crippen LogP contribution in [0.3, 0.4) is 0 Å². The number of ether oxygens (including phenoxy) is 1. The zero-order chi connectivity index (χ0) is 27.0. The predicted molar refractivity (Wildman–Crippen MR) is 130 cm³/mol. The van der Waals surface area contributed by atoms with E-state index in [1.807, 2.05) is 0 Å². The van der Waals surface area contributed by atoms with Crippen molar-refractivity contribution < 1.29 is 31.5 Å². The largest absolute Gasteiger partial charge is 0.497 e. The van der Waals surface area contributed by atoms with Crippen LogP contribution in [0.4, 0.5) is 27.8 Å². The molecule has 37 heavy (non-hydrogen) atoms. The summed E-state index contributed by atoms with van der Waals surface area (Å²) in [5.41, 5.74) is -0.156. The zero-order valence-electron chi connectivity index (χ0n) is 20.3. The molecular weight excluding hydrogens is 515 g/mol. The Morgan fingerprint density at radius 2 is 2.03 bits per heavy atom. The molecule has 0 saturated carbocycles. The number of likely N-dealkylation sites (tertiary alicyclic amines) is 1. The molecule has 1 N–H and O–H groups in total. The van der Waals surface area contributed by atoms with Crippen molar-refractivity contribution in [2.24, 2.45) is 5.92 Å². The molecule has 2 unspecified atom stereocenters. The molecular formula is C25H25F5N4O2S. The lowest BCUT2D eigenvalue weighted by atomic mass is 9.88. The molecule has 3 aromatic rings. The summed E-state index contributed by atoms with van der Waals surface area (Å²) in [6, 6.07) is 8.43. The predicted octanol–water partition coefficient (Wildman–Crippen LogP) is 6.14. The van der Waals surface area contributed by atoms with Gasteiger partial charge in [-0.1, -0.05) is 19.1 Å². The van der Waals surface area contributed by atoms with Gasteiger partial charge >= 0.3 is 6.18 Å². The average Bonchev–Trinajstić information content (AvgIpc) is 3.23. The third kappa shape index (κ3) is 6.00. The minimum Gasteiger partial charge on any atom is -0.497 e. The molecule has 0 aliphatic carbocycles. The van der Waals surface area contributed by atoms with E-state index in [4.69, 9.17) is 4.74 Å². The van der Waals surface area contributed by atoms with Crippen LogP contribution in [0.5, 0.6) is 5.75 Å². The molecule has 1 saturated heterocycles. The summed E-state index contributed by atoms with van der Waals surface area (Å²) in [4.78, 5) is 23.5. The van der Waals surface area contributed by atoms with E-state index in [2.05, 4.69) is 15.3 Å². The van der Waals surface area contributed by atoms with Crippen molar-refractivity contribution >= 4 is 23.1 Å². The molecule has 1 aliphatic heterocycles. The first-order valence-corrected chi connectivity index (χ1v) is 12.3. The van der Waals surface area contributed by atoms with Crippen LogP contribution in [0.1, 0.15) is 34.4 Å². The fraction of sp³-hybridized carbons (Fsp3) is 0.400. The average molecular weight is 541 g/mol. The third-order valence-corrected chi connectivity index (χ3v) is 7.21. The van der Waals surface area contributed by atoms with E-state index >= 15 is 0 Å². The number of methoxy groups -OCH3 is 1. The van der Waals surface area contributed by atoms with Crippen LogP contribution in [0, 0.1) is 12.8 Å². The molecule has 1 amide bonds. The summed E-state index contributed by atoms with van der Waals surface area (Å²) in [7, 11) is 1.52. The number of aromatic nitrogens is 2. The van der Waals surface area contributed by atoms with Crippen LogP contribution in [-0.2, 0) is 6.18 Å². The van der Waals surface area contributed by atoms with Crippen molar-refractivity contribution in [3.8, 4) is 16.2 Å². The van der Waals surface area contributed by atoms with Gasteiger partial charge in [0.05, 0.1) is 35.1 Å². The van der Waals surface area contributed by atoms with Gasteiger partial charge in [0, 0.05) is 19.2 Å². The normalized spacial score (nSPS) is 19.5. The van der Waals surface area contributed by atoms with Crippen LogP contribution >= 0.6 is 11.3 Å². The Kier molecular flexibility index (Phi) is 7.40. The van der Waals surface area contributed by atoms with E-state index < -0.39 is 48.5 Å². The lowest BCUT2D eigenvalue weighted by Gasteiger charge is -2.43. The number of hydrogen-bond donors (Lipinski definition) is 1. The number of piperidine rings is 1. The van der Waals surface area contributed by atoms with Crippen molar-refractivity contribution in [2.75, 3.05) is 25.5 Å². The van der Waals surface area contributed by atoms with Crippen LogP contribution in [0.2, 0.25) is 0 Å². The van der Waals surface area contributed by atoms with Gasteiger partial charge in [-0.2, -0.15) is 13.2 Å². The van der Waals surface area contributed by atoms with Gasteiger partial charge in [0.15, 0.2) is 0 Å². The van der Waals surface area contributed by atoms with Gasteiger partial charge < -0.3 is 15.0 Å². The van der Waals surface area contributed by atoms with Crippen LogP contribution in [-0.4, -0.2) is 52.9 Å². The van der Waals surface area contributed by atoms with E-state index in [0.29, 0.717) is 27.4 Å². The summed E-state index contributed by atoms with van der Waals surface area (Å²) in [5, 5.41) is 3.50. The van der Waals surface area contributed by atoms with Gasteiger partial charge in [0.2, 0.25) is 0 Å². The van der Waals surface area contributed by atoms with Gasteiger partial charge in [-0.25, -0.2) is 18.7 Å². The Labute approximate surface area is 214 Å². The van der Waals surface area contributed by atoms with Gasteiger partial charge in [-0.05, 0) is 42.7 Å². The topological polar surface area (TPSA) is 67.3 Å². The maximum absolute atomic E-state index is 14.6. The zero-order valence-corrected chi connectivity index (χ0v) is 21.1. The molecule has 3 heterocycles. The molecule has 4 rings (SSSR count). The molecule has 2 atom stereocenters. The number of pyridine rings is 1. The van der Waals surface area contributed by atoms with Crippen molar-refractivity contribution in [3.63, 3.8) is 0 Å². The number of anilines is 1. The Morgan fingerprint density at radius 1 is 1.27 bits per heavy atom. The lowest BCUT2D eigenvalue weighted by Crippen LogP contribution is -2.57. The van der Waals surface area contributed by atoms with Gasteiger partial charge in [-0.3, -0.25) is 4.79 Å². The molecule has 0 bridgehead atoms. The van der Waals surface area contributed by atoms with Gasteiger partial charge in [0.1, 0.15) is 17.3 Å². The van der Waals surface area contributed by atoms with E-state index in [1.165, 1.54) is 24.5 Å². The standard InChI is InChI=1S/C25H25F5N4O2S/c1-14-10-24(26,27)13-34(19(14)12-32-20-8-7-17(11-31-20)25(28,29)30)23(35)21-22(37-15(2)33-21)16-5-4-6-18(9-16)36-3/h4-9,11,14,19H,10,12-13H2,1-3H3,(H,31,32). The maximum Gasteiger partial charge on any atom is 0.417 e. The summed E-state index contributed by atoms with van der Waals surface area (Å²) in [5.74, 6) is -3.62. The fourth-order valence-corrected chi connectivity index (χ4v) is 5.33. The SMILES string of the molecule is COc1cccc(-c2sc(C)nc2C(=O)N2CC(F)(F)CC(C)C2CNc2ccc(C(F)(F)F)cn2)c1. The molecule has 2 aromatic heterocycles. The summed E-state index contributed by atoms with van der Waals surface area (Å²) >= 11 is 1.28. The number of hydrogen-bond acceptors (Lipinski definition) is 6. The van der Waals surface area contributed by atoms with E-state index in [0.717, 1.165) is 11.0 Å². The summed E-state index contributed by atoms with van der Waals surface area (Å²) in [6.45, 7) is 2.58. The smallest absolute Gasteiger partial charge is 0.417 e. The highest BCUT2D eigenvalue weighted by Gasteiger charge is 2.47. The molecule has 12 heteroatoms. The van der Waals surface area contributed by atoms with Crippen molar-refractivity contribution in [1.82, 2.24) is 14.9 Å². The third-order valence-electron chi connectivity index (χ3n) is 6.19. The quantitative estimate of drug-likeness (QED) is 0.381. The number of aryl methyl sites for hydroxylation is 1. The number of amides is 1. The van der Waals surface area contributed by atoms with Gasteiger partial charge in [-0.15, -0.1) is 11.3 Å². The number of halogens is 5.